The van der Waals surface area contributed by atoms with E-state index >= 15 is 0 Å². The molecule has 0 radical (unpaired) electrons. The summed E-state index contributed by atoms with van der Waals surface area (Å²) in [6.45, 7) is 2.16. The Bertz CT molecular complexity index is 1410. The van der Waals surface area contributed by atoms with Gasteiger partial charge < -0.3 is 4.74 Å². The van der Waals surface area contributed by atoms with Crippen LogP contribution in [0.2, 0.25) is 5.02 Å². The lowest BCUT2D eigenvalue weighted by Gasteiger charge is -2.10. The van der Waals surface area contributed by atoms with Crippen molar-refractivity contribution in [1.82, 2.24) is 15.6 Å². The van der Waals surface area contributed by atoms with Gasteiger partial charge in [0.15, 0.2) is 0 Å². The molecule has 1 aromatic heterocycles. The first-order valence-electron chi connectivity index (χ1n) is 11.0. The quantitative estimate of drug-likeness (QED) is 0.238. The molecule has 0 unspecified atom stereocenters. The highest BCUT2D eigenvalue weighted by Gasteiger charge is 2.13. The zero-order valence-electron chi connectivity index (χ0n) is 19.3. The number of aryl methyl sites for hydroxylation is 1. The van der Waals surface area contributed by atoms with E-state index in [4.69, 9.17) is 16.3 Å². The molecule has 4 rings (SSSR count). The van der Waals surface area contributed by atoms with Crippen LogP contribution in [0.1, 0.15) is 32.1 Å². The van der Waals surface area contributed by atoms with Crippen LogP contribution < -0.4 is 15.5 Å². The molecule has 0 spiro atoms. The first-order chi connectivity index (χ1) is 17.5. The number of ether oxygens (including phenoxy) is 1. The summed E-state index contributed by atoms with van der Waals surface area (Å²) in [7, 11) is 0. The normalized spacial score (nSPS) is 10.8. The third-order valence-corrected chi connectivity index (χ3v) is 6.25. The number of rotatable bonds is 9. The number of halogens is 1. The van der Waals surface area contributed by atoms with Crippen LogP contribution >= 0.6 is 22.9 Å². The first kappa shape index (κ1) is 25.0. The molecule has 3 aromatic carbocycles. The zero-order chi connectivity index (χ0) is 25.3. The number of amides is 2. The van der Waals surface area contributed by atoms with Gasteiger partial charge in [-0.3, -0.25) is 14.9 Å². The molecule has 0 aliphatic rings. The Morgan fingerprint density at radius 1 is 1.03 bits per heavy atom. The second-order valence-corrected chi connectivity index (χ2v) is 9.13. The fourth-order valence-electron chi connectivity index (χ4n) is 3.21. The van der Waals surface area contributed by atoms with Crippen molar-refractivity contribution in [2.24, 2.45) is 5.10 Å². The van der Waals surface area contributed by atoms with Gasteiger partial charge in [0, 0.05) is 21.7 Å². The maximum Gasteiger partial charge on any atom is 0.257 e. The van der Waals surface area contributed by atoms with Gasteiger partial charge in [-0.05, 0) is 36.8 Å². The topological polar surface area (TPSA) is 106 Å². The minimum atomic E-state index is -0.367. The van der Waals surface area contributed by atoms with Crippen LogP contribution in [-0.2, 0) is 17.8 Å². The summed E-state index contributed by atoms with van der Waals surface area (Å²) >= 11 is 7.32. The lowest BCUT2D eigenvalue weighted by Crippen LogP contribution is -2.19. The number of nitrogens with zero attached hydrogens (tertiary/aromatic N) is 3. The van der Waals surface area contributed by atoms with Crippen LogP contribution in [0, 0.1) is 6.92 Å². The fourth-order valence-corrected chi connectivity index (χ4v) is 4.13. The van der Waals surface area contributed by atoms with Crippen molar-refractivity contribution in [3.05, 3.63) is 105 Å². The molecule has 0 aliphatic heterocycles. The van der Waals surface area contributed by atoms with Gasteiger partial charge in [0.2, 0.25) is 11.0 Å². The smallest absolute Gasteiger partial charge is 0.257 e. The molecule has 8 nitrogen and oxygen atoms in total. The van der Waals surface area contributed by atoms with Gasteiger partial charge >= 0.3 is 0 Å². The summed E-state index contributed by atoms with van der Waals surface area (Å²) in [5, 5.41) is 16.1. The number of hydrogen-bond acceptors (Lipinski definition) is 7. The van der Waals surface area contributed by atoms with Gasteiger partial charge in [0.05, 0.1) is 12.6 Å². The summed E-state index contributed by atoms with van der Waals surface area (Å²) in [5.41, 5.74) is 5.45. The number of anilines is 1. The highest BCUT2D eigenvalue weighted by Crippen LogP contribution is 2.21. The Morgan fingerprint density at radius 3 is 2.61 bits per heavy atom. The van der Waals surface area contributed by atoms with E-state index < -0.39 is 0 Å². The average molecular weight is 520 g/mol. The van der Waals surface area contributed by atoms with Gasteiger partial charge in [0.25, 0.3) is 5.91 Å². The number of para-hydroxylation sites is 1. The number of nitrogens with one attached hydrogen (secondary N) is 2. The van der Waals surface area contributed by atoms with E-state index in [0.29, 0.717) is 38.6 Å². The summed E-state index contributed by atoms with van der Waals surface area (Å²) in [4.78, 5) is 24.7. The summed E-state index contributed by atoms with van der Waals surface area (Å²) in [5.74, 6) is -0.0394. The van der Waals surface area contributed by atoms with Gasteiger partial charge in [-0.15, -0.1) is 10.2 Å². The Hall–Kier alpha value is -4.08. The fraction of sp³-hybridized carbons (Fsp3) is 0.115. The Balaban J connectivity index is 1.30. The van der Waals surface area contributed by atoms with Crippen molar-refractivity contribution in [1.29, 1.82) is 0 Å². The van der Waals surface area contributed by atoms with Crippen LogP contribution in [0.4, 0.5) is 5.13 Å². The number of aromatic nitrogens is 2. The van der Waals surface area contributed by atoms with E-state index in [1.54, 1.807) is 12.1 Å². The van der Waals surface area contributed by atoms with Crippen LogP contribution in [0.15, 0.2) is 77.9 Å². The molecule has 0 bridgehead atoms. The second kappa shape index (κ2) is 12.1. The number of benzene rings is 3. The SMILES string of the molecule is Cc1ccccc1C(=O)Nc1nnc(CC(=O)N/N=C/c2ccccc2OCc2ccccc2Cl)s1. The van der Waals surface area contributed by atoms with Gasteiger partial charge in [-0.1, -0.05) is 71.5 Å². The highest BCUT2D eigenvalue weighted by molar-refractivity contribution is 7.15. The Kier molecular flexibility index (Phi) is 8.38. The average Bonchev–Trinajstić information content (AvgIpc) is 3.30. The molecular weight excluding hydrogens is 498 g/mol. The highest BCUT2D eigenvalue weighted by atomic mass is 35.5. The lowest BCUT2D eigenvalue weighted by molar-refractivity contribution is -0.120. The largest absolute Gasteiger partial charge is 0.488 e. The van der Waals surface area contributed by atoms with Gasteiger partial charge in [-0.2, -0.15) is 5.10 Å². The van der Waals surface area contributed by atoms with Crippen molar-refractivity contribution in [2.75, 3.05) is 5.32 Å². The van der Waals surface area contributed by atoms with Gasteiger partial charge in [-0.25, -0.2) is 5.43 Å². The first-order valence-corrected chi connectivity index (χ1v) is 12.2. The molecule has 0 fully saturated rings. The molecule has 0 saturated carbocycles. The van der Waals surface area contributed by atoms with E-state index in [1.165, 1.54) is 6.21 Å². The third-order valence-electron chi connectivity index (χ3n) is 5.04. The predicted octanol–water partition coefficient (Wildman–Crippen LogP) is 5.02. The molecule has 4 aromatic rings. The minimum Gasteiger partial charge on any atom is -0.488 e. The van der Waals surface area contributed by atoms with E-state index in [2.05, 4.69) is 26.0 Å². The molecule has 1 heterocycles. The van der Waals surface area contributed by atoms with E-state index in [9.17, 15) is 9.59 Å². The van der Waals surface area contributed by atoms with Gasteiger partial charge in [0.1, 0.15) is 17.4 Å². The standard InChI is InChI=1S/C26H22ClN5O3S/c1-17-8-2-5-11-20(17)25(34)29-26-32-31-24(36-26)14-23(33)30-28-15-18-9-4-7-13-22(18)35-16-19-10-3-6-12-21(19)27/h2-13,15H,14,16H2,1H3,(H,30,33)(H,29,32,34)/b28-15+. The van der Waals surface area contributed by atoms with Crippen molar-refractivity contribution in [2.45, 2.75) is 20.0 Å². The van der Waals surface area contributed by atoms with E-state index in [0.717, 1.165) is 22.5 Å². The van der Waals surface area contributed by atoms with Crippen molar-refractivity contribution in [3.63, 3.8) is 0 Å². The van der Waals surface area contributed by atoms with Crippen LogP contribution in [0.3, 0.4) is 0 Å². The molecule has 0 aliphatic carbocycles. The minimum absolute atomic E-state index is 0.0279. The van der Waals surface area contributed by atoms with Crippen LogP contribution in [0.5, 0.6) is 5.75 Å². The number of hydrogen-bond donors (Lipinski definition) is 2. The molecule has 182 valence electrons. The Morgan fingerprint density at radius 2 is 1.78 bits per heavy atom. The molecule has 36 heavy (non-hydrogen) atoms. The summed E-state index contributed by atoms with van der Waals surface area (Å²) < 4.78 is 5.89. The lowest BCUT2D eigenvalue weighted by atomic mass is 10.1. The van der Waals surface area contributed by atoms with Crippen molar-refractivity contribution in [3.8, 4) is 5.75 Å². The number of carbonyl (C=O) groups excluding carboxylic acids is 2. The van der Waals surface area contributed by atoms with Crippen molar-refractivity contribution < 1.29 is 14.3 Å². The molecule has 2 amide bonds. The summed E-state index contributed by atoms with van der Waals surface area (Å²) in [6.07, 6.45) is 1.48. The molecule has 10 heteroatoms. The Labute approximate surface area is 217 Å². The molecule has 2 N–H and O–H groups in total. The third kappa shape index (κ3) is 6.74. The number of hydrazone groups is 1. The van der Waals surface area contributed by atoms with Crippen LogP contribution in [-0.4, -0.2) is 28.2 Å². The maximum absolute atomic E-state index is 12.4. The summed E-state index contributed by atoms with van der Waals surface area (Å²) in [6, 6.07) is 22.0. The predicted molar refractivity (Wildman–Crippen MR) is 141 cm³/mol. The van der Waals surface area contributed by atoms with Crippen molar-refractivity contribution >= 4 is 46.1 Å². The molecule has 0 saturated heterocycles. The molecule has 0 atom stereocenters. The maximum atomic E-state index is 12.4. The monoisotopic (exact) mass is 519 g/mol. The van der Waals surface area contributed by atoms with E-state index in [1.807, 2.05) is 67.6 Å². The second-order valence-electron chi connectivity index (χ2n) is 7.66. The zero-order valence-corrected chi connectivity index (χ0v) is 20.8. The van der Waals surface area contributed by atoms with Crippen LogP contribution in [0.25, 0.3) is 0 Å². The number of carbonyl (C=O) groups is 2. The van der Waals surface area contributed by atoms with E-state index in [-0.39, 0.29) is 18.2 Å². The molecular formula is C26H22ClN5O3S.